The number of nitrogens with one attached hydrogen (secondary N) is 2. The second kappa shape index (κ2) is 11.4. The molecule has 5 heteroatoms. The summed E-state index contributed by atoms with van der Waals surface area (Å²) < 4.78 is 16.4. The predicted octanol–water partition coefficient (Wildman–Crippen LogP) is 1.81. The van der Waals surface area contributed by atoms with E-state index in [4.69, 9.17) is 14.2 Å². The molecule has 0 spiro atoms. The van der Waals surface area contributed by atoms with Crippen molar-refractivity contribution in [2.24, 2.45) is 0 Å². The van der Waals surface area contributed by atoms with Gasteiger partial charge < -0.3 is 24.8 Å². The van der Waals surface area contributed by atoms with Gasteiger partial charge in [-0.25, -0.2) is 0 Å². The SMILES string of the molecule is CC(C)(C)NCCOCCOCCOCCNC(C)(C)C. The highest BCUT2D eigenvalue weighted by atomic mass is 16.5. The number of rotatable bonds is 12. The van der Waals surface area contributed by atoms with Crippen LogP contribution in [0, 0.1) is 0 Å². The highest BCUT2D eigenvalue weighted by molar-refractivity contribution is 4.69. The smallest absolute Gasteiger partial charge is 0.0701 e. The molecule has 0 fully saturated rings. The highest BCUT2D eigenvalue weighted by Crippen LogP contribution is 1.97. The fourth-order valence-corrected chi connectivity index (χ4v) is 1.54. The van der Waals surface area contributed by atoms with Crippen molar-refractivity contribution in [3.05, 3.63) is 0 Å². The Hall–Kier alpha value is -0.200. The van der Waals surface area contributed by atoms with Crippen LogP contribution in [0.15, 0.2) is 0 Å². The van der Waals surface area contributed by atoms with Gasteiger partial charge in [-0.15, -0.1) is 0 Å². The molecular formula is C16H36N2O3. The first kappa shape index (κ1) is 20.8. The monoisotopic (exact) mass is 304 g/mol. The van der Waals surface area contributed by atoms with Crippen LogP contribution in [-0.2, 0) is 14.2 Å². The molecule has 5 nitrogen and oxygen atoms in total. The minimum atomic E-state index is 0.152. The van der Waals surface area contributed by atoms with Crippen molar-refractivity contribution in [3.63, 3.8) is 0 Å². The Labute approximate surface area is 131 Å². The average molecular weight is 304 g/mol. The summed E-state index contributed by atoms with van der Waals surface area (Å²) in [5.74, 6) is 0. The first-order valence-corrected chi connectivity index (χ1v) is 7.94. The molecule has 0 radical (unpaired) electrons. The second-order valence-corrected chi connectivity index (χ2v) is 7.19. The Balaban J connectivity index is 3.10. The van der Waals surface area contributed by atoms with Gasteiger partial charge in [-0.3, -0.25) is 0 Å². The van der Waals surface area contributed by atoms with Crippen LogP contribution in [0.5, 0.6) is 0 Å². The fraction of sp³-hybridized carbons (Fsp3) is 1.00. The van der Waals surface area contributed by atoms with E-state index >= 15 is 0 Å². The van der Waals surface area contributed by atoms with Crippen LogP contribution >= 0.6 is 0 Å². The molecule has 0 heterocycles. The third-order valence-corrected chi connectivity index (χ3v) is 2.55. The largest absolute Gasteiger partial charge is 0.378 e. The average Bonchev–Trinajstić information content (AvgIpc) is 2.32. The van der Waals surface area contributed by atoms with E-state index in [2.05, 4.69) is 52.2 Å². The van der Waals surface area contributed by atoms with Gasteiger partial charge in [-0.2, -0.15) is 0 Å². The zero-order chi connectivity index (χ0) is 16.2. The van der Waals surface area contributed by atoms with E-state index in [1.807, 2.05) is 0 Å². The number of hydrogen-bond acceptors (Lipinski definition) is 5. The van der Waals surface area contributed by atoms with Crippen LogP contribution in [0.3, 0.4) is 0 Å². The molecule has 2 N–H and O–H groups in total. The van der Waals surface area contributed by atoms with Crippen LogP contribution in [0.2, 0.25) is 0 Å². The van der Waals surface area contributed by atoms with Gasteiger partial charge in [0.1, 0.15) is 0 Å². The van der Waals surface area contributed by atoms with Gasteiger partial charge in [-0.05, 0) is 41.5 Å². The molecule has 0 atom stereocenters. The Bertz CT molecular complexity index is 211. The molecule has 0 aromatic rings. The van der Waals surface area contributed by atoms with Crippen molar-refractivity contribution < 1.29 is 14.2 Å². The van der Waals surface area contributed by atoms with Crippen LogP contribution in [0.4, 0.5) is 0 Å². The standard InChI is InChI=1S/C16H36N2O3/c1-15(2,3)17-7-9-19-11-13-21-14-12-20-10-8-18-16(4,5)6/h17-18H,7-14H2,1-6H3. The lowest BCUT2D eigenvalue weighted by Gasteiger charge is -2.20. The molecule has 128 valence electrons. The van der Waals surface area contributed by atoms with Crippen LogP contribution in [0.1, 0.15) is 41.5 Å². The van der Waals surface area contributed by atoms with E-state index < -0.39 is 0 Å². The molecule has 0 aromatic heterocycles. The zero-order valence-corrected chi connectivity index (χ0v) is 14.9. The number of hydrogen-bond donors (Lipinski definition) is 2. The van der Waals surface area contributed by atoms with Crippen LogP contribution in [-0.4, -0.2) is 63.8 Å². The van der Waals surface area contributed by atoms with E-state index in [1.54, 1.807) is 0 Å². The van der Waals surface area contributed by atoms with Gasteiger partial charge in [0, 0.05) is 24.2 Å². The van der Waals surface area contributed by atoms with Crippen molar-refractivity contribution >= 4 is 0 Å². The van der Waals surface area contributed by atoms with Crippen molar-refractivity contribution in [2.75, 3.05) is 52.7 Å². The fourth-order valence-electron chi connectivity index (χ4n) is 1.54. The maximum atomic E-state index is 5.47. The van der Waals surface area contributed by atoms with E-state index in [-0.39, 0.29) is 11.1 Å². The molecule has 0 aliphatic carbocycles. The summed E-state index contributed by atoms with van der Waals surface area (Å²) >= 11 is 0. The summed E-state index contributed by atoms with van der Waals surface area (Å²) in [5.41, 5.74) is 0.304. The lowest BCUT2D eigenvalue weighted by Crippen LogP contribution is -2.38. The maximum absolute atomic E-state index is 5.47. The summed E-state index contributed by atoms with van der Waals surface area (Å²) in [5, 5.41) is 6.74. The lowest BCUT2D eigenvalue weighted by molar-refractivity contribution is 0.0145. The molecule has 0 unspecified atom stereocenters. The minimum absolute atomic E-state index is 0.152. The van der Waals surface area contributed by atoms with Crippen molar-refractivity contribution in [1.29, 1.82) is 0 Å². The third-order valence-electron chi connectivity index (χ3n) is 2.55. The summed E-state index contributed by atoms with van der Waals surface area (Å²) in [4.78, 5) is 0. The molecule has 21 heavy (non-hydrogen) atoms. The first-order chi connectivity index (χ1) is 9.71. The van der Waals surface area contributed by atoms with E-state index in [9.17, 15) is 0 Å². The normalized spacial score (nSPS) is 12.9. The molecule has 0 amide bonds. The van der Waals surface area contributed by atoms with E-state index in [1.165, 1.54) is 0 Å². The van der Waals surface area contributed by atoms with Gasteiger partial charge in [0.05, 0.1) is 39.6 Å². The van der Waals surface area contributed by atoms with E-state index in [0.29, 0.717) is 26.4 Å². The molecule has 0 aromatic carbocycles. The molecule has 0 rings (SSSR count). The van der Waals surface area contributed by atoms with Crippen molar-refractivity contribution in [2.45, 2.75) is 52.6 Å². The first-order valence-electron chi connectivity index (χ1n) is 7.94. The molecule has 0 bridgehead atoms. The molecule has 0 aliphatic rings. The molecule has 0 aliphatic heterocycles. The topological polar surface area (TPSA) is 51.8 Å². The second-order valence-electron chi connectivity index (χ2n) is 7.19. The Kier molecular flexibility index (Phi) is 11.3. The maximum Gasteiger partial charge on any atom is 0.0701 e. The van der Waals surface area contributed by atoms with Crippen LogP contribution < -0.4 is 10.6 Å². The van der Waals surface area contributed by atoms with Gasteiger partial charge in [0.2, 0.25) is 0 Å². The molecule has 0 saturated carbocycles. The summed E-state index contributed by atoms with van der Waals surface area (Å²) in [6, 6.07) is 0. The molecule has 0 saturated heterocycles. The Morgan fingerprint density at radius 2 is 0.810 bits per heavy atom. The van der Waals surface area contributed by atoms with Crippen molar-refractivity contribution in [1.82, 2.24) is 10.6 Å². The highest BCUT2D eigenvalue weighted by Gasteiger charge is 2.07. The van der Waals surface area contributed by atoms with Gasteiger partial charge >= 0.3 is 0 Å². The minimum Gasteiger partial charge on any atom is -0.378 e. The molecular weight excluding hydrogens is 268 g/mol. The van der Waals surface area contributed by atoms with E-state index in [0.717, 1.165) is 26.3 Å². The third kappa shape index (κ3) is 19.8. The van der Waals surface area contributed by atoms with Gasteiger partial charge in [-0.1, -0.05) is 0 Å². The van der Waals surface area contributed by atoms with Gasteiger partial charge in [0.25, 0.3) is 0 Å². The zero-order valence-electron chi connectivity index (χ0n) is 14.9. The summed E-state index contributed by atoms with van der Waals surface area (Å²) in [7, 11) is 0. The van der Waals surface area contributed by atoms with Crippen molar-refractivity contribution in [3.8, 4) is 0 Å². The number of ether oxygens (including phenoxy) is 3. The van der Waals surface area contributed by atoms with Crippen LogP contribution in [0.25, 0.3) is 0 Å². The summed E-state index contributed by atoms with van der Waals surface area (Å²) in [6.45, 7) is 18.6. The Morgan fingerprint density at radius 3 is 1.10 bits per heavy atom. The summed E-state index contributed by atoms with van der Waals surface area (Å²) in [6.07, 6.45) is 0. The Morgan fingerprint density at radius 1 is 0.524 bits per heavy atom. The lowest BCUT2D eigenvalue weighted by atomic mass is 10.1. The predicted molar refractivity (Wildman–Crippen MR) is 88.0 cm³/mol. The quantitative estimate of drug-likeness (QED) is 0.539. The van der Waals surface area contributed by atoms with Gasteiger partial charge in [0.15, 0.2) is 0 Å².